The van der Waals surface area contributed by atoms with Crippen molar-refractivity contribution >= 4 is 5.97 Å². The molecule has 1 fully saturated rings. The van der Waals surface area contributed by atoms with Gasteiger partial charge < -0.3 is 14.6 Å². The Morgan fingerprint density at radius 3 is 2.61 bits per heavy atom. The van der Waals surface area contributed by atoms with Gasteiger partial charge in [0.1, 0.15) is 6.10 Å². The van der Waals surface area contributed by atoms with Gasteiger partial charge in [-0.15, -0.1) is 0 Å². The number of rotatable bonds is 3. The van der Waals surface area contributed by atoms with Crippen LogP contribution in [0.25, 0.3) is 0 Å². The first-order valence-corrected chi connectivity index (χ1v) is 6.23. The molecule has 1 heterocycles. The molecule has 1 aliphatic heterocycles. The molecule has 0 amide bonds. The van der Waals surface area contributed by atoms with Gasteiger partial charge in [0.05, 0.1) is 11.7 Å². The average molecular weight is 250 g/mol. The zero-order valence-corrected chi connectivity index (χ0v) is 10.6. The SMILES string of the molecule is CC[C@H]1O[C@H](OC(=O)c2ccccc2)C(O)[C@H]1C. The minimum atomic E-state index is -0.863. The Labute approximate surface area is 107 Å². The third-order valence-corrected chi connectivity index (χ3v) is 3.35. The molecule has 4 heteroatoms. The molecule has 0 saturated carbocycles. The molecule has 1 saturated heterocycles. The van der Waals surface area contributed by atoms with E-state index in [1.165, 1.54) is 0 Å². The molecule has 1 aromatic carbocycles. The Morgan fingerprint density at radius 2 is 2.06 bits per heavy atom. The minimum Gasteiger partial charge on any atom is -0.429 e. The fraction of sp³-hybridized carbons (Fsp3) is 0.500. The predicted molar refractivity (Wildman–Crippen MR) is 66.0 cm³/mol. The number of aliphatic hydroxyl groups is 1. The molecule has 4 atom stereocenters. The van der Waals surface area contributed by atoms with Gasteiger partial charge in [0.25, 0.3) is 0 Å². The largest absolute Gasteiger partial charge is 0.429 e. The first-order valence-electron chi connectivity index (χ1n) is 6.23. The number of ether oxygens (including phenoxy) is 2. The Hall–Kier alpha value is -1.39. The van der Waals surface area contributed by atoms with Crippen molar-refractivity contribution in [2.24, 2.45) is 5.92 Å². The smallest absolute Gasteiger partial charge is 0.340 e. The molecular weight excluding hydrogens is 232 g/mol. The Kier molecular flexibility index (Phi) is 3.99. The maximum Gasteiger partial charge on any atom is 0.340 e. The van der Waals surface area contributed by atoms with Gasteiger partial charge in [-0.25, -0.2) is 4.79 Å². The van der Waals surface area contributed by atoms with Crippen molar-refractivity contribution in [3.63, 3.8) is 0 Å². The van der Waals surface area contributed by atoms with Crippen LogP contribution in [0.15, 0.2) is 30.3 Å². The van der Waals surface area contributed by atoms with Crippen LogP contribution >= 0.6 is 0 Å². The molecule has 0 aliphatic carbocycles. The summed E-state index contributed by atoms with van der Waals surface area (Å²) in [5.41, 5.74) is 0.459. The van der Waals surface area contributed by atoms with Gasteiger partial charge in [-0.2, -0.15) is 0 Å². The summed E-state index contributed by atoms with van der Waals surface area (Å²) in [7, 11) is 0. The second kappa shape index (κ2) is 5.50. The van der Waals surface area contributed by atoms with Gasteiger partial charge in [0.2, 0.25) is 6.29 Å². The number of hydrogen-bond donors (Lipinski definition) is 1. The summed E-state index contributed by atoms with van der Waals surface area (Å²) in [5, 5.41) is 9.95. The molecule has 1 unspecified atom stereocenters. The topological polar surface area (TPSA) is 55.8 Å². The third kappa shape index (κ3) is 2.54. The summed E-state index contributed by atoms with van der Waals surface area (Å²) >= 11 is 0. The molecule has 98 valence electrons. The molecule has 1 aromatic rings. The van der Waals surface area contributed by atoms with E-state index < -0.39 is 18.4 Å². The van der Waals surface area contributed by atoms with Crippen LogP contribution in [-0.2, 0) is 9.47 Å². The average Bonchev–Trinajstić information content (AvgIpc) is 2.67. The zero-order chi connectivity index (χ0) is 13.1. The normalized spacial score (nSPS) is 31.3. The van der Waals surface area contributed by atoms with E-state index in [1.54, 1.807) is 24.3 Å². The van der Waals surface area contributed by atoms with Crippen LogP contribution in [0.4, 0.5) is 0 Å². The second-order valence-corrected chi connectivity index (χ2v) is 4.57. The Bertz CT molecular complexity index is 404. The molecule has 4 nitrogen and oxygen atoms in total. The number of aliphatic hydroxyl groups excluding tert-OH is 1. The lowest BCUT2D eigenvalue weighted by Crippen LogP contribution is -2.30. The summed E-state index contributed by atoms with van der Waals surface area (Å²) in [5.74, 6) is -0.493. The first kappa shape index (κ1) is 13.1. The molecular formula is C14H18O4. The van der Waals surface area contributed by atoms with Crippen LogP contribution in [0.2, 0.25) is 0 Å². The molecule has 2 rings (SSSR count). The fourth-order valence-electron chi connectivity index (χ4n) is 2.16. The van der Waals surface area contributed by atoms with Crippen LogP contribution in [0, 0.1) is 5.92 Å². The van der Waals surface area contributed by atoms with E-state index in [2.05, 4.69) is 0 Å². The molecule has 1 aliphatic rings. The van der Waals surface area contributed by atoms with Crippen molar-refractivity contribution in [2.45, 2.75) is 38.8 Å². The summed E-state index contributed by atoms with van der Waals surface area (Å²) in [6.45, 7) is 3.88. The van der Waals surface area contributed by atoms with Crippen molar-refractivity contribution < 1.29 is 19.4 Å². The van der Waals surface area contributed by atoms with Crippen LogP contribution in [0.5, 0.6) is 0 Å². The summed E-state index contributed by atoms with van der Waals surface area (Å²) in [6, 6.07) is 8.70. The van der Waals surface area contributed by atoms with Gasteiger partial charge in [0.15, 0.2) is 0 Å². The second-order valence-electron chi connectivity index (χ2n) is 4.57. The minimum absolute atomic E-state index is 0.0245. The van der Waals surface area contributed by atoms with E-state index in [-0.39, 0.29) is 12.0 Å². The van der Waals surface area contributed by atoms with E-state index in [0.717, 1.165) is 6.42 Å². The Balaban J connectivity index is 2.00. The predicted octanol–water partition coefficient (Wildman–Crippen LogP) is 1.98. The lowest BCUT2D eigenvalue weighted by atomic mass is 9.99. The van der Waals surface area contributed by atoms with E-state index in [9.17, 15) is 9.90 Å². The highest BCUT2D eigenvalue weighted by Gasteiger charge is 2.42. The van der Waals surface area contributed by atoms with Gasteiger partial charge in [-0.3, -0.25) is 0 Å². The number of esters is 1. The maximum absolute atomic E-state index is 11.8. The number of benzene rings is 1. The van der Waals surface area contributed by atoms with Crippen molar-refractivity contribution in [2.75, 3.05) is 0 Å². The van der Waals surface area contributed by atoms with Crippen molar-refractivity contribution in [3.8, 4) is 0 Å². The maximum atomic E-state index is 11.8. The highest BCUT2D eigenvalue weighted by Crippen LogP contribution is 2.29. The summed E-state index contributed by atoms with van der Waals surface area (Å²) < 4.78 is 10.7. The van der Waals surface area contributed by atoms with Crippen molar-refractivity contribution in [1.82, 2.24) is 0 Å². The van der Waals surface area contributed by atoms with Crippen molar-refractivity contribution in [1.29, 1.82) is 0 Å². The first-order chi connectivity index (χ1) is 8.63. The van der Waals surface area contributed by atoms with E-state index in [4.69, 9.17) is 9.47 Å². The summed E-state index contributed by atoms with van der Waals surface area (Å²) in [4.78, 5) is 11.8. The molecule has 18 heavy (non-hydrogen) atoms. The monoisotopic (exact) mass is 250 g/mol. The van der Waals surface area contributed by atoms with Gasteiger partial charge >= 0.3 is 5.97 Å². The van der Waals surface area contributed by atoms with Crippen LogP contribution in [0.3, 0.4) is 0 Å². The van der Waals surface area contributed by atoms with Crippen LogP contribution in [0.1, 0.15) is 30.6 Å². The lowest BCUT2D eigenvalue weighted by molar-refractivity contribution is -0.134. The molecule has 0 radical (unpaired) electrons. The van der Waals surface area contributed by atoms with Crippen molar-refractivity contribution in [3.05, 3.63) is 35.9 Å². The number of carbonyl (C=O) groups excluding carboxylic acids is 1. The van der Waals surface area contributed by atoms with Crippen LogP contribution < -0.4 is 0 Å². The molecule has 0 spiro atoms. The molecule has 0 bridgehead atoms. The lowest BCUT2D eigenvalue weighted by Gasteiger charge is -2.15. The fourth-order valence-corrected chi connectivity index (χ4v) is 2.16. The highest BCUT2D eigenvalue weighted by atomic mass is 16.7. The molecule has 0 aromatic heterocycles. The zero-order valence-electron chi connectivity index (χ0n) is 10.6. The summed E-state index contributed by atoms with van der Waals surface area (Å²) in [6.07, 6.45) is -0.897. The van der Waals surface area contributed by atoms with Crippen LogP contribution in [-0.4, -0.2) is 29.6 Å². The van der Waals surface area contributed by atoms with Gasteiger partial charge in [0, 0.05) is 5.92 Å². The van der Waals surface area contributed by atoms with Gasteiger partial charge in [-0.05, 0) is 18.6 Å². The quantitative estimate of drug-likeness (QED) is 0.833. The third-order valence-electron chi connectivity index (χ3n) is 3.35. The molecule has 1 N–H and O–H groups in total. The van der Waals surface area contributed by atoms with E-state index in [1.807, 2.05) is 19.9 Å². The van der Waals surface area contributed by atoms with Gasteiger partial charge in [-0.1, -0.05) is 32.0 Å². The standard InChI is InChI=1S/C14H18O4/c1-3-11-9(2)12(15)14(17-11)18-13(16)10-7-5-4-6-8-10/h4-9,11-12,14-15H,3H2,1-2H3/t9-,11+,12?,14+/m0/s1. The van der Waals surface area contributed by atoms with E-state index in [0.29, 0.717) is 5.56 Å². The Morgan fingerprint density at radius 1 is 1.39 bits per heavy atom. The number of hydrogen-bond acceptors (Lipinski definition) is 4. The van der Waals surface area contributed by atoms with E-state index >= 15 is 0 Å². The number of carbonyl (C=O) groups is 1. The highest BCUT2D eigenvalue weighted by molar-refractivity contribution is 5.89.